The maximum atomic E-state index is 13.0. The molecular formula is C101H20O8. The van der Waals surface area contributed by atoms with Crippen molar-refractivity contribution in [1.82, 2.24) is 0 Å². The van der Waals surface area contributed by atoms with E-state index in [1.807, 2.05) is 0 Å². The van der Waals surface area contributed by atoms with Crippen molar-refractivity contribution in [2.75, 3.05) is 26.4 Å². The molecule has 0 aromatic heterocycles. The van der Waals surface area contributed by atoms with Crippen LogP contribution in [0, 0.1) is 526 Å². The van der Waals surface area contributed by atoms with Gasteiger partial charge in [-0.25, -0.2) is 19.2 Å². The molecule has 0 aliphatic heterocycles. The summed E-state index contributed by atoms with van der Waals surface area (Å²) in [6.45, 7) is 3.27. The van der Waals surface area contributed by atoms with Crippen LogP contribution in [0.25, 0.3) is 0 Å². The van der Waals surface area contributed by atoms with E-state index in [1.165, 1.54) is 0 Å². The Labute approximate surface area is 638 Å². The molecule has 0 saturated carbocycles. The molecule has 0 spiro atoms. The summed E-state index contributed by atoms with van der Waals surface area (Å²) in [6, 6.07) is 0. The normalized spacial score (nSPS) is 5.25. The molecular weight excluding hydrogens is 1340 g/mol. The van der Waals surface area contributed by atoms with Crippen molar-refractivity contribution >= 4 is 23.9 Å². The van der Waals surface area contributed by atoms with E-state index in [9.17, 15) is 19.2 Å². The topological polar surface area (TPSA) is 105 Å². The second-order valence-electron chi connectivity index (χ2n) is 15.3. The van der Waals surface area contributed by atoms with Crippen LogP contribution in [0.5, 0.6) is 0 Å². The summed E-state index contributed by atoms with van der Waals surface area (Å²) in [4.78, 5) is 51.9. The molecule has 0 unspecified atom stereocenters. The quantitative estimate of drug-likeness (QED) is 0.149. The van der Waals surface area contributed by atoms with Gasteiger partial charge in [0.25, 0.3) is 0 Å². The second kappa shape index (κ2) is 73.9. The maximum absolute atomic E-state index is 13.0. The zero-order chi connectivity index (χ0) is 78.7. The summed E-state index contributed by atoms with van der Waals surface area (Å²) in [5, 5.41) is 0. The van der Waals surface area contributed by atoms with Crippen molar-refractivity contribution in [3.63, 3.8) is 0 Å². The number of ether oxygens (including phenoxy) is 4. The van der Waals surface area contributed by atoms with Crippen LogP contribution in [0.2, 0.25) is 0 Å². The number of esters is 4. The number of hydrogen-bond donors (Lipinski definition) is 0. The molecule has 0 fully saturated rings. The lowest BCUT2D eigenvalue weighted by Gasteiger charge is -2.30. The molecule has 0 atom stereocenters. The number of rotatable bonds is 8. The fraction of sp³-hybridized carbons (Fsp3) is 0.0891. The van der Waals surface area contributed by atoms with E-state index < -0.39 is 55.7 Å². The molecule has 109 heavy (non-hydrogen) atoms. The molecule has 0 heterocycles. The highest BCUT2D eigenvalue weighted by Crippen LogP contribution is 2.21. The average Bonchev–Trinajstić information content (AvgIpc) is 0.853. The molecule has 8 nitrogen and oxygen atoms in total. The molecule has 0 aromatic carbocycles. The van der Waals surface area contributed by atoms with Gasteiger partial charge in [-0.3, -0.25) is 0 Å². The lowest BCUT2D eigenvalue weighted by atomic mass is 9.92. The third kappa shape index (κ3) is 69.2. The summed E-state index contributed by atoms with van der Waals surface area (Å²) < 4.78 is 21.4. The number of carbonyl (C=O) groups excluding carboxylic acids is 4. The van der Waals surface area contributed by atoms with Crippen LogP contribution in [-0.2, 0) is 38.1 Å². The van der Waals surface area contributed by atoms with Crippen LogP contribution in [0.15, 0.2) is 0 Å². The molecule has 8 heteroatoms. The van der Waals surface area contributed by atoms with Gasteiger partial charge in [0, 0.05) is 118 Å². The highest BCUT2D eigenvalue weighted by Gasteiger charge is 2.38. The second-order valence-corrected chi connectivity index (χ2v) is 15.3. The SMILES string of the molecule is CC#CC#CC#CC#CC#CC#CC#CC#CC#CC#CC#CC(=O)OCC(COC(=O)C#CC#CC#CC#CC#CC#CC#CC#CC#CC#CC#CC)(COC(=O)C#CC#CC#CC#CC#CC#CC#CC#CC#CC#CC#CC)COC(=O)C#CC#CC#CC#CC#CC#CC#CC#CC#CC#CC#CC. The summed E-state index contributed by atoms with van der Waals surface area (Å²) >= 11 is 0. The summed E-state index contributed by atoms with van der Waals surface area (Å²) in [7, 11) is 0. The standard InChI is InChI=1S/C101H20O8/c1-5-9-13-17-21-25-29-33-37-41-45-49-53-57-61-65-69-73-77-81-85-89-97(102)106-93-101(94-107-98(103)90-86-82-78-74-70-66-62-58-54-50-46-42-38-34-30-26-22-18-14-10-6-2,95-108-99(104)91-87-83-79-75-71-67-63-59-55-51-47-43-39-35-31-27-23-19-15-11-7-3)96-109-100(105)92-88-84-80-76-72-68-64-60-56-52-48-44-40-36-32-28-24-20-16-12-8-4/h93-96H2,1-4H3. The summed E-state index contributed by atoms with van der Waals surface area (Å²) in [5.41, 5.74) is -1.95. The Kier molecular flexibility index (Phi) is 59.4. The van der Waals surface area contributed by atoms with Crippen LogP contribution in [0.1, 0.15) is 27.7 Å². The average molecular weight is 1360 g/mol. The summed E-state index contributed by atoms with van der Waals surface area (Å²) in [6.07, 6.45) is 0. The maximum Gasteiger partial charge on any atom is 0.385 e. The van der Waals surface area contributed by atoms with E-state index in [0.29, 0.717) is 0 Å². The van der Waals surface area contributed by atoms with Gasteiger partial charge in [-0.05, 0) is 407 Å². The van der Waals surface area contributed by atoms with Crippen molar-refractivity contribution < 1.29 is 38.1 Å². The molecule has 0 saturated heterocycles. The van der Waals surface area contributed by atoms with Crippen molar-refractivity contribution in [3.8, 4) is 521 Å². The predicted octanol–water partition coefficient (Wildman–Crippen LogP) is 0.375. The van der Waals surface area contributed by atoms with Crippen LogP contribution < -0.4 is 0 Å². The van der Waals surface area contributed by atoms with Gasteiger partial charge < -0.3 is 18.9 Å². The van der Waals surface area contributed by atoms with Gasteiger partial charge in [0.2, 0.25) is 0 Å². The van der Waals surface area contributed by atoms with Gasteiger partial charge in [0.1, 0.15) is 31.8 Å². The first-order chi connectivity index (χ1) is 53.8. The Morgan fingerprint density at radius 3 is 0.321 bits per heavy atom. The van der Waals surface area contributed by atoms with E-state index in [4.69, 9.17) is 18.9 Å². The fourth-order valence-corrected chi connectivity index (χ4v) is 4.10. The predicted molar refractivity (Wildman–Crippen MR) is 411 cm³/mol. The van der Waals surface area contributed by atoms with Crippen LogP contribution in [0.4, 0.5) is 0 Å². The van der Waals surface area contributed by atoms with E-state index in [1.54, 1.807) is 27.7 Å². The third-order valence-corrected chi connectivity index (χ3v) is 7.95. The Morgan fingerprint density at radius 1 is 0.147 bits per heavy atom. The molecule has 0 aliphatic rings. The zero-order valence-corrected chi connectivity index (χ0v) is 56.6. The van der Waals surface area contributed by atoms with Gasteiger partial charge in [0.15, 0.2) is 0 Å². The van der Waals surface area contributed by atoms with Gasteiger partial charge in [-0.1, -0.05) is 23.7 Å². The van der Waals surface area contributed by atoms with E-state index in [2.05, 4.69) is 521 Å². The summed E-state index contributed by atoms with van der Waals surface area (Å²) in [5.74, 6) is 209. The first-order valence-electron chi connectivity index (χ1n) is 28.2. The highest BCUT2D eigenvalue weighted by atomic mass is 16.6. The molecule has 0 radical (unpaired) electrons. The molecule has 0 aromatic rings. The lowest BCUT2D eigenvalue weighted by molar-refractivity contribution is -0.163. The van der Waals surface area contributed by atoms with Gasteiger partial charge >= 0.3 is 23.9 Å². The Bertz CT molecular complexity index is 6130. The fourth-order valence-electron chi connectivity index (χ4n) is 4.10. The van der Waals surface area contributed by atoms with Crippen LogP contribution in [0.3, 0.4) is 0 Å². The monoisotopic (exact) mass is 1360 g/mol. The van der Waals surface area contributed by atoms with Crippen LogP contribution >= 0.6 is 0 Å². The first-order valence-corrected chi connectivity index (χ1v) is 28.2. The highest BCUT2D eigenvalue weighted by molar-refractivity contribution is 5.91. The van der Waals surface area contributed by atoms with Crippen molar-refractivity contribution in [3.05, 3.63) is 0 Å². The Hall–Kier alpha value is -21.5. The number of hydrogen-bond acceptors (Lipinski definition) is 8. The minimum absolute atomic E-state index is 0.835. The largest absolute Gasteiger partial charge is 0.455 e. The van der Waals surface area contributed by atoms with Gasteiger partial charge in [-0.15, -0.1) is 0 Å². The van der Waals surface area contributed by atoms with E-state index in [0.717, 1.165) is 0 Å². The smallest absolute Gasteiger partial charge is 0.385 e. The van der Waals surface area contributed by atoms with E-state index >= 15 is 0 Å². The molecule has 0 bridgehead atoms. The van der Waals surface area contributed by atoms with Crippen LogP contribution in [-0.4, -0.2) is 50.3 Å². The minimum Gasteiger partial charge on any atom is -0.455 e. The molecule has 0 aliphatic carbocycles. The first kappa shape index (κ1) is 87.5. The third-order valence-electron chi connectivity index (χ3n) is 7.95. The molecule has 0 rings (SSSR count). The molecule has 0 N–H and O–H groups in total. The van der Waals surface area contributed by atoms with Crippen molar-refractivity contribution in [2.24, 2.45) is 5.41 Å². The van der Waals surface area contributed by atoms with Crippen molar-refractivity contribution in [2.45, 2.75) is 27.7 Å². The van der Waals surface area contributed by atoms with E-state index in [-0.39, 0.29) is 0 Å². The molecule has 472 valence electrons. The van der Waals surface area contributed by atoms with Gasteiger partial charge in [-0.2, -0.15) is 0 Å². The minimum atomic E-state index is -1.95. The Morgan fingerprint density at radius 2 is 0.229 bits per heavy atom. The Balaban J connectivity index is 7.11. The lowest BCUT2D eigenvalue weighted by Crippen LogP contribution is -2.43. The van der Waals surface area contributed by atoms with Crippen molar-refractivity contribution in [1.29, 1.82) is 0 Å². The van der Waals surface area contributed by atoms with Gasteiger partial charge in [0.05, 0.1) is 0 Å². The number of carbonyl (C=O) groups is 4. The molecule has 0 amide bonds. The zero-order valence-electron chi connectivity index (χ0n) is 56.6.